The quantitative estimate of drug-likeness (QED) is 0.766. The first-order valence-corrected chi connectivity index (χ1v) is 7.60. The molecule has 21 heavy (non-hydrogen) atoms. The molecule has 2 heterocycles. The van der Waals surface area contributed by atoms with Crippen LogP contribution in [0.5, 0.6) is 11.6 Å². The van der Waals surface area contributed by atoms with Crippen molar-refractivity contribution in [1.82, 2.24) is 15.0 Å². The van der Waals surface area contributed by atoms with Crippen LogP contribution in [0.15, 0.2) is 12.1 Å². The van der Waals surface area contributed by atoms with E-state index < -0.39 is 0 Å². The number of rotatable bonds is 5. The van der Waals surface area contributed by atoms with E-state index >= 15 is 0 Å². The predicted octanol–water partition coefficient (Wildman–Crippen LogP) is 4.45. The summed E-state index contributed by atoms with van der Waals surface area (Å²) in [5.41, 5.74) is 2.64. The number of ether oxygens (including phenoxy) is 1. The summed E-state index contributed by atoms with van der Waals surface area (Å²) in [4.78, 5) is 13.2. The molecule has 0 aliphatic rings. The van der Waals surface area contributed by atoms with Crippen LogP contribution < -0.4 is 4.74 Å². The highest BCUT2D eigenvalue weighted by Gasteiger charge is 2.13. The van der Waals surface area contributed by atoms with E-state index in [0.717, 1.165) is 42.0 Å². The maximum Gasteiger partial charge on any atom is 0.227 e. The Kier molecular flexibility index (Phi) is 5.12. The van der Waals surface area contributed by atoms with Crippen LogP contribution in [-0.4, -0.2) is 15.0 Å². The van der Waals surface area contributed by atoms with Gasteiger partial charge in [0.1, 0.15) is 11.0 Å². The summed E-state index contributed by atoms with van der Waals surface area (Å²) >= 11 is 6.17. The summed E-state index contributed by atoms with van der Waals surface area (Å²) in [6.07, 6.45) is 2.55. The van der Waals surface area contributed by atoms with Crippen LogP contribution in [0.1, 0.15) is 43.0 Å². The fourth-order valence-corrected chi connectivity index (χ4v) is 2.17. The van der Waals surface area contributed by atoms with Gasteiger partial charge in [-0.2, -0.15) is 4.98 Å². The number of hydrogen-bond acceptors (Lipinski definition) is 4. The van der Waals surface area contributed by atoms with Gasteiger partial charge in [0, 0.05) is 17.7 Å². The summed E-state index contributed by atoms with van der Waals surface area (Å²) < 4.78 is 5.96. The summed E-state index contributed by atoms with van der Waals surface area (Å²) in [5.74, 6) is 1.95. The average Bonchev–Trinajstić information content (AvgIpc) is 2.46. The molecule has 0 atom stereocenters. The Bertz CT molecular complexity index is 644. The highest BCUT2D eigenvalue weighted by molar-refractivity contribution is 6.30. The third-order valence-electron chi connectivity index (χ3n) is 3.17. The van der Waals surface area contributed by atoms with E-state index in [9.17, 15) is 0 Å². The van der Waals surface area contributed by atoms with Crippen molar-refractivity contribution in [3.8, 4) is 11.6 Å². The van der Waals surface area contributed by atoms with Crippen molar-refractivity contribution in [2.24, 2.45) is 0 Å². The van der Waals surface area contributed by atoms with Gasteiger partial charge in [-0.3, -0.25) is 4.98 Å². The lowest BCUT2D eigenvalue weighted by atomic mass is 10.2. The van der Waals surface area contributed by atoms with Gasteiger partial charge in [0.05, 0.1) is 5.69 Å². The lowest BCUT2D eigenvalue weighted by molar-refractivity contribution is 0.445. The van der Waals surface area contributed by atoms with E-state index in [1.807, 2.05) is 26.0 Å². The monoisotopic (exact) mass is 305 g/mol. The molecule has 0 saturated carbocycles. The first kappa shape index (κ1) is 15.7. The number of hydrogen-bond donors (Lipinski definition) is 0. The molecule has 0 aliphatic heterocycles. The second-order valence-corrected chi connectivity index (χ2v) is 5.32. The molecule has 2 rings (SSSR count). The van der Waals surface area contributed by atoms with E-state index in [4.69, 9.17) is 16.3 Å². The van der Waals surface area contributed by atoms with Gasteiger partial charge >= 0.3 is 0 Å². The molecule has 112 valence electrons. The van der Waals surface area contributed by atoms with Crippen LogP contribution >= 0.6 is 11.6 Å². The van der Waals surface area contributed by atoms with E-state index in [1.54, 1.807) is 0 Å². The van der Waals surface area contributed by atoms with Gasteiger partial charge in [-0.15, -0.1) is 0 Å². The maximum absolute atomic E-state index is 6.17. The maximum atomic E-state index is 6.17. The molecule has 0 unspecified atom stereocenters. The highest BCUT2D eigenvalue weighted by atomic mass is 35.5. The van der Waals surface area contributed by atoms with Crippen LogP contribution in [-0.2, 0) is 12.8 Å². The third-order valence-corrected chi connectivity index (χ3v) is 3.54. The fourth-order valence-electron chi connectivity index (χ4n) is 1.99. The van der Waals surface area contributed by atoms with Gasteiger partial charge in [-0.1, -0.05) is 25.4 Å². The minimum absolute atomic E-state index is 0.446. The number of pyridine rings is 1. The molecule has 2 aromatic heterocycles. The van der Waals surface area contributed by atoms with Crippen molar-refractivity contribution in [2.45, 2.75) is 47.0 Å². The van der Waals surface area contributed by atoms with Crippen molar-refractivity contribution in [1.29, 1.82) is 0 Å². The molecule has 0 saturated heterocycles. The van der Waals surface area contributed by atoms with E-state index in [-0.39, 0.29) is 0 Å². The number of aromatic nitrogens is 3. The Labute approximate surface area is 130 Å². The van der Waals surface area contributed by atoms with Gasteiger partial charge < -0.3 is 4.74 Å². The van der Waals surface area contributed by atoms with E-state index in [0.29, 0.717) is 16.9 Å². The topological polar surface area (TPSA) is 47.9 Å². The zero-order valence-electron chi connectivity index (χ0n) is 12.9. The zero-order valence-corrected chi connectivity index (χ0v) is 13.7. The second-order valence-electron chi connectivity index (χ2n) is 4.96. The van der Waals surface area contributed by atoms with Crippen LogP contribution in [0.25, 0.3) is 0 Å². The Hall–Kier alpha value is -1.68. The van der Waals surface area contributed by atoms with Gasteiger partial charge in [-0.25, -0.2) is 4.98 Å². The second kappa shape index (κ2) is 6.85. The summed E-state index contributed by atoms with van der Waals surface area (Å²) in [6, 6.07) is 3.86. The minimum Gasteiger partial charge on any atom is -0.437 e. The van der Waals surface area contributed by atoms with E-state index in [1.165, 1.54) is 0 Å². The van der Waals surface area contributed by atoms with Crippen molar-refractivity contribution in [3.05, 3.63) is 40.1 Å². The van der Waals surface area contributed by atoms with Crippen molar-refractivity contribution in [3.63, 3.8) is 0 Å². The van der Waals surface area contributed by atoms with Crippen molar-refractivity contribution in [2.75, 3.05) is 0 Å². The Balaban J connectivity index is 2.39. The Morgan fingerprint density at radius 1 is 1.10 bits per heavy atom. The first-order valence-electron chi connectivity index (χ1n) is 7.22. The molecule has 0 fully saturated rings. The minimum atomic E-state index is 0.446. The largest absolute Gasteiger partial charge is 0.437 e. The summed E-state index contributed by atoms with van der Waals surface area (Å²) in [5, 5.41) is 0.446. The molecular weight excluding hydrogens is 286 g/mol. The Morgan fingerprint density at radius 3 is 2.52 bits per heavy atom. The van der Waals surface area contributed by atoms with Gasteiger partial charge in [0.25, 0.3) is 0 Å². The lowest BCUT2D eigenvalue weighted by Crippen LogP contribution is -2.03. The normalized spacial score (nSPS) is 10.7. The molecule has 5 heteroatoms. The summed E-state index contributed by atoms with van der Waals surface area (Å²) in [6.45, 7) is 7.96. The van der Waals surface area contributed by atoms with Crippen LogP contribution in [0.4, 0.5) is 0 Å². The molecule has 0 amide bonds. The first-order chi connectivity index (χ1) is 10.0. The van der Waals surface area contributed by atoms with Gasteiger partial charge in [-0.05, 0) is 38.8 Å². The van der Waals surface area contributed by atoms with Crippen molar-refractivity contribution >= 4 is 11.6 Å². The fraction of sp³-hybridized carbons (Fsp3) is 0.438. The number of nitrogens with zero attached hydrogens (tertiary/aromatic N) is 3. The van der Waals surface area contributed by atoms with Crippen LogP contribution in [0.3, 0.4) is 0 Å². The van der Waals surface area contributed by atoms with Gasteiger partial charge in [0.15, 0.2) is 5.75 Å². The predicted molar refractivity (Wildman–Crippen MR) is 84.2 cm³/mol. The molecule has 0 N–H and O–H groups in total. The Morgan fingerprint density at radius 2 is 1.86 bits per heavy atom. The highest BCUT2D eigenvalue weighted by Crippen LogP contribution is 2.29. The van der Waals surface area contributed by atoms with Crippen molar-refractivity contribution < 1.29 is 4.74 Å². The van der Waals surface area contributed by atoms with Gasteiger partial charge in [0.2, 0.25) is 5.88 Å². The zero-order chi connectivity index (χ0) is 15.4. The molecule has 0 aromatic carbocycles. The van der Waals surface area contributed by atoms with Crippen LogP contribution in [0.2, 0.25) is 5.15 Å². The number of aryl methyl sites for hydroxylation is 3. The number of halogens is 1. The SMILES string of the molecule is CCCc1nc(Cl)c(C)c(Oc2ccc(C)nc2CC)n1. The smallest absolute Gasteiger partial charge is 0.227 e. The summed E-state index contributed by atoms with van der Waals surface area (Å²) in [7, 11) is 0. The molecule has 0 spiro atoms. The molecular formula is C16H20ClN3O. The molecule has 4 nitrogen and oxygen atoms in total. The molecule has 2 aromatic rings. The third kappa shape index (κ3) is 3.70. The molecule has 0 radical (unpaired) electrons. The molecule has 0 aliphatic carbocycles. The average molecular weight is 306 g/mol. The van der Waals surface area contributed by atoms with E-state index in [2.05, 4.69) is 28.8 Å². The molecule has 0 bridgehead atoms. The van der Waals surface area contributed by atoms with Crippen LogP contribution in [0, 0.1) is 13.8 Å². The standard InChI is InChI=1S/C16H20ClN3O/c1-5-7-14-19-15(17)11(4)16(20-14)21-13-9-8-10(3)18-12(13)6-2/h8-9H,5-7H2,1-4H3. The lowest BCUT2D eigenvalue weighted by Gasteiger charge is -2.12.